The van der Waals surface area contributed by atoms with E-state index in [4.69, 9.17) is 14.2 Å². The molecule has 0 fully saturated rings. The smallest absolute Gasteiger partial charge is 0.358 e. The zero-order chi connectivity index (χ0) is 23.3. The monoisotopic (exact) mass is 444 g/mol. The van der Waals surface area contributed by atoms with E-state index in [-0.39, 0.29) is 30.4 Å². The zero-order valence-corrected chi connectivity index (χ0v) is 18.7. The predicted molar refractivity (Wildman–Crippen MR) is 116 cm³/mol. The number of ether oxygens (including phenoxy) is 3. The molecule has 0 saturated carbocycles. The summed E-state index contributed by atoms with van der Waals surface area (Å²) in [6.07, 6.45) is 0.634. The number of methoxy groups -OCH3 is 2. The molecule has 2 aromatic rings. The van der Waals surface area contributed by atoms with Crippen LogP contribution in [0.1, 0.15) is 41.2 Å². The Labute approximate surface area is 186 Å². The Bertz CT molecular complexity index is 987. The number of benzene rings is 1. The number of aromatic nitrogens is 2. The second-order valence-corrected chi connectivity index (χ2v) is 7.51. The van der Waals surface area contributed by atoms with Crippen LogP contribution in [0.3, 0.4) is 0 Å². The summed E-state index contributed by atoms with van der Waals surface area (Å²) in [5.41, 5.74) is -0.539. The number of amides is 2. The lowest BCUT2D eigenvalue weighted by atomic mass is 9.94. The summed E-state index contributed by atoms with van der Waals surface area (Å²) >= 11 is 0. The molecule has 10 heteroatoms. The lowest BCUT2D eigenvalue weighted by Crippen LogP contribution is -2.64. The fraction of sp³-hybridized carbons (Fsp3) is 0.455. The normalized spacial score (nSPS) is 17.6. The molecule has 0 bridgehead atoms. The van der Waals surface area contributed by atoms with Crippen molar-refractivity contribution < 1.29 is 28.6 Å². The van der Waals surface area contributed by atoms with Gasteiger partial charge in [0.25, 0.3) is 5.91 Å². The SMILES string of the molecule is CCOC(=O)c1cc2n(n1)C[C@@](C)(C(=O)NCCCOC)N(c1ccc(OC)cc1)C2=O. The Morgan fingerprint density at radius 2 is 1.94 bits per heavy atom. The van der Waals surface area contributed by atoms with E-state index in [0.29, 0.717) is 31.0 Å². The van der Waals surface area contributed by atoms with Crippen LogP contribution >= 0.6 is 0 Å². The van der Waals surface area contributed by atoms with Crippen molar-refractivity contribution in [3.63, 3.8) is 0 Å². The summed E-state index contributed by atoms with van der Waals surface area (Å²) in [4.78, 5) is 40.4. The molecule has 1 aromatic carbocycles. The van der Waals surface area contributed by atoms with Gasteiger partial charge in [-0.05, 0) is 44.5 Å². The molecular formula is C22H28N4O6. The van der Waals surface area contributed by atoms with E-state index in [1.807, 2.05) is 0 Å². The summed E-state index contributed by atoms with van der Waals surface area (Å²) in [6.45, 7) is 4.52. The molecule has 1 atom stereocenters. The number of nitrogens with one attached hydrogen (secondary N) is 1. The number of carbonyl (C=O) groups excluding carboxylic acids is 3. The Balaban J connectivity index is 2.00. The van der Waals surface area contributed by atoms with Gasteiger partial charge in [0.15, 0.2) is 5.69 Å². The minimum Gasteiger partial charge on any atom is -0.497 e. The highest BCUT2D eigenvalue weighted by atomic mass is 16.5. The Hall–Kier alpha value is -3.40. The number of fused-ring (bicyclic) bond motifs is 1. The molecule has 1 aromatic heterocycles. The molecular weight excluding hydrogens is 416 g/mol. The predicted octanol–water partition coefficient (Wildman–Crippen LogP) is 1.64. The van der Waals surface area contributed by atoms with Gasteiger partial charge in [-0.2, -0.15) is 5.10 Å². The van der Waals surface area contributed by atoms with Crippen molar-refractivity contribution in [1.82, 2.24) is 15.1 Å². The maximum Gasteiger partial charge on any atom is 0.358 e. The molecule has 0 saturated heterocycles. The van der Waals surface area contributed by atoms with E-state index in [1.54, 1.807) is 52.3 Å². The summed E-state index contributed by atoms with van der Waals surface area (Å²) in [6, 6.07) is 8.26. The van der Waals surface area contributed by atoms with Crippen molar-refractivity contribution in [3.8, 4) is 5.75 Å². The summed E-state index contributed by atoms with van der Waals surface area (Å²) in [5.74, 6) is -0.780. The first kappa shape index (κ1) is 23.3. The van der Waals surface area contributed by atoms with E-state index >= 15 is 0 Å². The number of carbonyl (C=O) groups is 3. The number of nitrogens with zero attached hydrogens (tertiary/aromatic N) is 3. The van der Waals surface area contributed by atoms with Crippen LogP contribution in [0.25, 0.3) is 0 Å². The van der Waals surface area contributed by atoms with Crippen molar-refractivity contribution in [2.24, 2.45) is 0 Å². The van der Waals surface area contributed by atoms with Gasteiger partial charge in [0.1, 0.15) is 17.0 Å². The van der Waals surface area contributed by atoms with Crippen LogP contribution in [0.15, 0.2) is 30.3 Å². The van der Waals surface area contributed by atoms with Gasteiger partial charge in [-0.1, -0.05) is 0 Å². The first-order chi connectivity index (χ1) is 15.3. The quantitative estimate of drug-likeness (QED) is 0.462. The van der Waals surface area contributed by atoms with Gasteiger partial charge >= 0.3 is 5.97 Å². The van der Waals surface area contributed by atoms with Crippen molar-refractivity contribution >= 4 is 23.5 Å². The van der Waals surface area contributed by atoms with Gasteiger partial charge in [0.05, 0.1) is 20.3 Å². The fourth-order valence-electron chi connectivity index (χ4n) is 3.63. The molecule has 3 rings (SSSR count). The Morgan fingerprint density at radius 3 is 2.56 bits per heavy atom. The van der Waals surface area contributed by atoms with Gasteiger partial charge < -0.3 is 19.5 Å². The summed E-state index contributed by atoms with van der Waals surface area (Å²) < 4.78 is 16.6. The maximum absolute atomic E-state index is 13.5. The lowest BCUT2D eigenvalue weighted by molar-refractivity contribution is -0.126. The fourth-order valence-corrected chi connectivity index (χ4v) is 3.63. The van der Waals surface area contributed by atoms with Crippen LogP contribution in [0, 0.1) is 0 Å². The van der Waals surface area contributed by atoms with E-state index in [2.05, 4.69) is 10.4 Å². The molecule has 0 unspecified atom stereocenters. The van der Waals surface area contributed by atoms with Crippen LogP contribution in [0.2, 0.25) is 0 Å². The third-order valence-electron chi connectivity index (χ3n) is 5.27. The molecule has 1 N–H and O–H groups in total. The number of esters is 1. The van der Waals surface area contributed by atoms with Crippen LogP contribution in [-0.4, -0.2) is 67.1 Å². The maximum atomic E-state index is 13.5. The molecule has 0 aliphatic carbocycles. The molecule has 2 heterocycles. The number of hydrogen-bond acceptors (Lipinski definition) is 7. The van der Waals surface area contributed by atoms with Crippen LogP contribution < -0.4 is 15.0 Å². The topological polar surface area (TPSA) is 112 Å². The first-order valence-electron chi connectivity index (χ1n) is 10.4. The highest BCUT2D eigenvalue weighted by molar-refractivity contribution is 6.12. The minimum absolute atomic E-state index is 0.0228. The third kappa shape index (κ3) is 4.45. The van der Waals surface area contributed by atoms with E-state index < -0.39 is 17.4 Å². The molecule has 0 radical (unpaired) electrons. The average molecular weight is 444 g/mol. The van der Waals surface area contributed by atoms with Gasteiger partial charge in [-0.3, -0.25) is 19.2 Å². The molecule has 10 nitrogen and oxygen atoms in total. The Kier molecular flexibility index (Phi) is 7.14. The summed E-state index contributed by atoms with van der Waals surface area (Å²) in [7, 11) is 3.14. The standard InChI is InChI=1S/C22H28N4O6/c1-5-32-20(28)17-13-18-19(27)26(15-7-9-16(31-4)10-8-15)22(2,14-25(18)24-17)21(29)23-11-6-12-30-3/h7-10,13H,5-6,11-12,14H2,1-4H3,(H,23,29)/t22-/m0/s1. The second kappa shape index (κ2) is 9.82. The van der Waals surface area contributed by atoms with E-state index in [0.717, 1.165) is 0 Å². The zero-order valence-electron chi connectivity index (χ0n) is 18.7. The average Bonchev–Trinajstić information content (AvgIpc) is 3.21. The second-order valence-electron chi connectivity index (χ2n) is 7.51. The first-order valence-corrected chi connectivity index (χ1v) is 10.4. The van der Waals surface area contributed by atoms with Crippen molar-refractivity contribution in [1.29, 1.82) is 0 Å². The molecule has 1 aliphatic heterocycles. The molecule has 172 valence electrons. The van der Waals surface area contributed by atoms with E-state index in [9.17, 15) is 14.4 Å². The summed E-state index contributed by atoms with van der Waals surface area (Å²) in [5, 5.41) is 7.12. The van der Waals surface area contributed by atoms with E-state index in [1.165, 1.54) is 15.6 Å². The highest BCUT2D eigenvalue weighted by Crippen LogP contribution is 2.33. The van der Waals surface area contributed by atoms with Crippen molar-refractivity contribution in [2.45, 2.75) is 32.4 Å². The Morgan fingerprint density at radius 1 is 1.22 bits per heavy atom. The van der Waals surface area contributed by atoms with Crippen LogP contribution in [-0.2, 0) is 20.8 Å². The largest absolute Gasteiger partial charge is 0.497 e. The van der Waals surface area contributed by atoms with Gasteiger partial charge in [0.2, 0.25) is 5.91 Å². The van der Waals surface area contributed by atoms with Crippen molar-refractivity contribution in [2.75, 3.05) is 38.9 Å². The third-order valence-corrected chi connectivity index (χ3v) is 5.27. The van der Waals surface area contributed by atoms with Gasteiger partial charge in [-0.25, -0.2) is 4.79 Å². The number of rotatable bonds is 9. The minimum atomic E-state index is -1.29. The van der Waals surface area contributed by atoms with Crippen LogP contribution in [0.5, 0.6) is 5.75 Å². The molecule has 1 aliphatic rings. The van der Waals surface area contributed by atoms with Crippen molar-refractivity contribution in [3.05, 3.63) is 41.7 Å². The highest BCUT2D eigenvalue weighted by Gasteiger charge is 2.49. The molecule has 32 heavy (non-hydrogen) atoms. The number of hydrogen-bond donors (Lipinski definition) is 1. The number of anilines is 1. The molecule has 2 amide bonds. The van der Waals surface area contributed by atoms with Gasteiger partial charge in [-0.15, -0.1) is 0 Å². The lowest BCUT2D eigenvalue weighted by Gasteiger charge is -2.43. The van der Waals surface area contributed by atoms with Gasteiger partial charge in [0, 0.05) is 32.0 Å². The molecule has 0 spiro atoms. The van der Waals surface area contributed by atoms with Crippen LogP contribution in [0.4, 0.5) is 5.69 Å².